The third kappa shape index (κ3) is 4.83. The van der Waals surface area contributed by atoms with E-state index < -0.39 is 12.3 Å². The fraction of sp³-hybridized carbons (Fsp3) is 0.231. The zero-order valence-corrected chi connectivity index (χ0v) is 11.2. The van der Waals surface area contributed by atoms with Crippen molar-refractivity contribution in [1.29, 1.82) is 5.41 Å². The summed E-state index contributed by atoms with van der Waals surface area (Å²) < 4.78 is 41.7. The van der Waals surface area contributed by atoms with Gasteiger partial charge < -0.3 is 19.8 Å². The van der Waals surface area contributed by atoms with E-state index in [-0.39, 0.29) is 5.75 Å². The summed E-state index contributed by atoms with van der Waals surface area (Å²) in [4.78, 5) is 9.00. The van der Waals surface area contributed by atoms with Gasteiger partial charge >= 0.3 is 6.36 Å². The van der Waals surface area contributed by atoms with Crippen molar-refractivity contribution in [3.8, 4) is 5.75 Å². The van der Waals surface area contributed by atoms with E-state index >= 15 is 0 Å². The zero-order valence-electron chi connectivity index (χ0n) is 11.2. The lowest BCUT2D eigenvalue weighted by molar-refractivity contribution is -0.274. The molecule has 114 valence electrons. The van der Waals surface area contributed by atoms with Crippen LogP contribution < -0.4 is 4.74 Å². The summed E-state index contributed by atoms with van der Waals surface area (Å²) in [6, 6.07) is 4.07. The molecule has 8 heteroatoms. The van der Waals surface area contributed by atoms with Gasteiger partial charge in [-0.2, -0.15) is 0 Å². The highest BCUT2D eigenvalue weighted by Gasteiger charge is 2.31. The van der Waals surface area contributed by atoms with E-state index in [1.54, 1.807) is 17.8 Å². The number of carboxylic acids is 1. The second-order valence-electron chi connectivity index (χ2n) is 4.09. The Kier molecular flexibility index (Phi) is 4.96. The average molecular weight is 302 g/mol. The zero-order chi connectivity index (χ0) is 16.2. The van der Waals surface area contributed by atoms with Crippen LogP contribution >= 0.6 is 0 Å². The van der Waals surface area contributed by atoms with Crippen LogP contribution in [-0.2, 0) is 11.8 Å². The third-order valence-corrected chi connectivity index (χ3v) is 2.38. The van der Waals surface area contributed by atoms with Crippen molar-refractivity contribution < 1.29 is 27.8 Å². The molecule has 0 aliphatic heterocycles. The van der Waals surface area contributed by atoms with Gasteiger partial charge in [0.15, 0.2) is 0 Å². The lowest BCUT2D eigenvalue weighted by Gasteiger charge is -2.08. The number of alkyl halides is 3. The molecule has 0 aliphatic rings. The molecular weight excluding hydrogens is 289 g/mol. The molecule has 0 atom stereocenters. The molecular formula is C13H13F3N2O3. The number of benzene rings is 1. The number of nitrogens with zero attached hydrogens (tertiary/aromatic N) is 1. The van der Waals surface area contributed by atoms with Gasteiger partial charge in [0, 0.05) is 42.8 Å². The number of carboxylic acid groups (broad SMARTS) is 1. The van der Waals surface area contributed by atoms with Crippen molar-refractivity contribution in [2.75, 3.05) is 0 Å². The average Bonchev–Trinajstić information content (AvgIpc) is 2.63. The number of aliphatic carboxylic acids is 1. The van der Waals surface area contributed by atoms with Gasteiger partial charge in [-0.25, -0.2) is 0 Å². The Bertz CT molecular complexity index is 658. The minimum absolute atomic E-state index is 0.278. The van der Waals surface area contributed by atoms with E-state index in [0.717, 1.165) is 18.7 Å². The number of rotatable bonds is 2. The van der Waals surface area contributed by atoms with Crippen LogP contribution in [0.3, 0.4) is 0 Å². The monoisotopic (exact) mass is 302 g/mol. The molecule has 21 heavy (non-hydrogen) atoms. The summed E-state index contributed by atoms with van der Waals surface area (Å²) >= 11 is 0. The number of carbonyl (C=O) groups is 1. The Hall–Kier alpha value is -2.51. The fourth-order valence-corrected chi connectivity index (χ4v) is 1.71. The van der Waals surface area contributed by atoms with Crippen LogP contribution in [0.1, 0.15) is 12.5 Å². The maximum atomic E-state index is 12.1. The summed E-state index contributed by atoms with van der Waals surface area (Å²) in [6.07, 6.45) is -1.93. The van der Waals surface area contributed by atoms with Gasteiger partial charge in [0.25, 0.3) is 5.97 Å². The van der Waals surface area contributed by atoms with Gasteiger partial charge in [0.1, 0.15) is 5.75 Å². The van der Waals surface area contributed by atoms with Crippen molar-refractivity contribution in [1.82, 2.24) is 4.57 Å². The van der Waals surface area contributed by atoms with Crippen LogP contribution in [0, 0.1) is 5.41 Å². The Morgan fingerprint density at radius 1 is 1.43 bits per heavy atom. The molecule has 0 saturated carbocycles. The van der Waals surface area contributed by atoms with Crippen LogP contribution in [-0.4, -0.2) is 28.2 Å². The van der Waals surface area contributed by atoms with Crippen LogP contribution in [0.4, 0.5) is 13.2 Å². The summed E-state index contributed by atoms with van der Waals surface area (Å²) in [5.41, 5.74) is 1.30. The molecule has 0 unspecified atom stereocenters. The SMILES string of the molecule is CC(=O)O.Cn1cc(C=N)c2cc(OC(F)(F)F)ccc21. The van der Waals surface area contributed by atoms with Crippen LogP contribution in [0.15, 0.2) is 24.4 Å². The van der Waals surface area contributed by atoms with Crippen molar-refractivity contribution in [3.63, 3.8) is 0 Å². The first-order valence-electron chi connectivity index (χ1n) is 5.69. The van der Waals surface area contributed by atoms with Gasteiger partial charge in [0.2, 0.25) is 0 Å². The molecule has 2 aromatic rings. The fourth-order valence-electron chi connectivity index (χ4n) is 1.71. The molecule has 0 aliphatic carbocycles. The molecule has 0 spiro atoms. The molecule has 1 aromatic heterocycles. The summed E-state index contributed by atoms with van der Waals surface area (Å²) in [5.74, 6) is -1.11. The number of hydrogen-bond donors (Lipinski definition) is 2. The highest BCUT2D eigenvalue weighted by atomic mass is 19.4. The number of aromatic nitrogens is 1. The molecule has 1 heterocycles. The van der Waals surface area contributed by atoms with E-state index in [1.807, 2.05) is 0 Å². The number of fused-ring (bicyclic) bond motifs is 1. The molecule has 0 saturated heterocycles. The molecule has 0 fully saturated rings. The van der Waals surface area contributed by atoms with Gasteiger partial charge in [0.05, 0.1) is 0 Å². The lowest BCUT2D eigenvalue weighted by atomic mass is 10.2. The van der Waals surface area contributed by atoms with Crippen molar-refractivity contribution in [2.45, 2.75) is 13.3 Å². The second kappa shape index (κ2) is 6.29. The number of halogens is 3. The van der Waals surface area contributed by atoms with Crippen LogP contribution in [0.25, 0.3) is 10.9 Å². The van der Waals surface area contributed by atoms with Crippen molar-refractivity contribution in [3.05, 3.63) is 30.0 Å². The van der Waals surface area contributed by atoms with E-state index in [4.69, 9.17) is 15.3 Å². The molecule has 2 N–H and O–H groups in total. The standard InChI is InChI=1S/C11H9F3N2O.C2H4O2/c1-16-6-7(5-15)9-4-8(2-3-10(9)16)17-11(12,13)14;1-2(3)4/h2-6,15H,1H3;1H3,(H,3,4). The summed E-state index contributed by atoms with van der Waals surface area (Å²) in [7, 11) is 1.76. The van der Waals surface area contributed by atoms with E-state index in [9.17, 15) is 13.2 Å². The normalized spacial score (nSPS) is 10.7. The van der Waals surface area contributed by atoms with Gasteiger partial charge in [-0.15, -0.1) is 13.2 Å². The van der Waals surface area contributed by atoms with Crippen LogP contribution in [0.5, 0.6) is 5.75 Å². The predicted molar refractivity (Wildman–Crippen MR) is 70.8 cm³/mol. The summed E-state index contributed by atoms with van der Waals surface area (Å²) in [6.45, 7) is 1.08. The van der Waals surface area contributed by atoms with Gasteiger partial charge in [-0.05, 0) is 18.2 Å². The third-order valence-electron chi connectivity index (χ3n) is 2.38. The van der Waals surface area contributed by atoms with Crippen molar-refractivity contribution in [2.24, 2.45) is 7.05 Å². The topological polar surface area (TPSA) is 75.3 Å². The molecule has 1 aromatic carbocycles. The van der Waals surface area contributed by atoms with Gasteiger partial charge in [-0.3, -0.25) is 4.79 Å². The Morgan fingerprint density at radius 2 is 2.00 bits per heavy atom. The first-order chi connectivity index (χ1) is 9.64. The first kappa shape index (κ1) is 16.5. The molecule has 0 radical (unpaired) electrons. The molecule has 2 rings (SSSR count). The number of nitrogens with one attached hydrogen (secondary N) is 1. The first-order valence-corrected chi connectivity index (χ1v) is 5.69. The highest BCUT2D eigenvalue weighted by molar-refractivity contribution is 5.99. The Labute approximate surface area is 118 Å². The summed E-state index contributed by atoms with van der Waals surface area (Å²) in [5, 5.41) is 15.2. The molecule has 0 amide bonds. The smallest absolute Gasteiger partial charge is 0.481 e. The largest absolute Gasteiger partial charge is 0.573 e. The van der Waals surface area contributed by atoms with Gasteiger partial charge in [-0.1, -0.05) is 0 Å². The van der Waals surface area contributed by atoms with E-state index in [0.29, 0.717) is 10.9 Å². The maximum absolute atomic E-state index is 12.1. The van der Waals surface area contributed by atoms with Crippen molar-refractivity contribution >= 4 is 23.1 Å². The molecule has 5 nitrogen and oxygen atoms in total. The number of aryl methyl sites for hydroxylation is 1. The van der Waals surface area contributed by atoms with E-state index in [1.165, 1.54) is 18.2 Å². The maximum Gasteiger partial charge on any atom is 0.573 e. The second-order valence-corrected chi connectivity index (χ2v) is 4.09. The lowest BCUT2D eigenvalue weighted by Crippen LogP contribution is -2.17. The Balaban J connectivity index is 0.000000491. The number of hydrogen-bond acceptors (Lipinski definition) is 3. The minimum atomic E-state index is -4.70. The van der Waals surface area contributed by atoms with E-state index in [2.05, 4.69) is 4.74 Å². The number of ether oxygens (including phenoxy) is 1. The Morgan fingerprint density at radius 3 is 2.48 bits per heavy atom. The quantitative estimate of drug-likeness (QED) is 0.837. The highest BCUT2D eigenvalue weighted by Crippen LogP contribution is 2.28. The molecule has 0 bridgehead atoms. The predicted octanol–water partition coefficient (Wildman–Crippen LogP) is 3.17. The minimum Gasteiger partial charge on any atom is -0.481 e. The van der Waals surface area contributed by atoms with Crippen LogP contribution in [0.2, 0.25) is 0 Å².